The molecule has 0 unspecified atom stereocenters. The van der Waals surface area contributed by atoms with Crippen molar-refractivity contribution in [1.82, 2.24) is 0 Å². The smallest absolute Gasteiger partial charge is 0.335 e. The van der Waals surface area contributed by atoms with Gasteiger partial charge in [0.05, 0.1) is 21.8 Å². The number of hydrogen-bond donors (Lipinski definition) is 0. The summed E-state index contributed by atoms with van der Waals surface area (Å²) in [6.07, 6.45) is 3.48. The molecule has 2 rings (SSSR count). The number of benzene rings is 2. The quantitative estimate of drug-likeness (QED) is 0.396. The molecule has 3 nitrogen and oxygen atoms in total. The Balaban J connectivity index is 2.32. The predicted octanol–water partition coefficient (Wildman–Crippen LogP) is 4.31. The first-order valence-electron chi connectivity index (χ1n) is 8.92. The molecule has 4 heteroatoms. The fourth-order valence-electron chi connectivity index (χ4n) is 3.18. The zero-order valence-corrected chi connectivity index (χ0v) is 17.0. The third kappa shape index (κ3) is 4.93. The van der Waals surface area contributed by atoms with E-state index in [9.17, 15) is 4.79 Å². The fourth-order valence-corrected chi connectivity index (χ4v) is 6.28. The number of carbonyl (C=O) groups is 1. The number of allylic oxidation sites excluding steroid dienone is 1. The monoisotopic (exact) mass is 368 g/mol. The number of rotatable bonds is 8. The second-order valence-corrected chi connectivity index (χ2v) is 11.6. The summed E-state index contributed by atoms with van der Waals surface area (Å²) in [5.74, 6) is -0.319. The van der Waals surface area contributed by atoms with Crippen molar-refractivity contribution in [2.24, 2.45) is 0 Å². The van der Waals surface area contributed by atoms with Gasteiger partial charge in [0.1, 0.15) is 0 Å². The van der Waals surface area contributed by atoms with Crippen molar-refractivity contribution in [2.75, 3.05) is 7.11 Å². The van der Waals surface area contributed by atoms with Crippen LogP contribution in [-0.2, 0) is 20.9 Å². The molecule has 138 valence electrons. The minimum atomic E-state index is -2.02. The lowest BCUT2D eigenvalue weighted by Crippen LogP contribution is -2.51. The average molecular weight is 369 g/mol. The van der Waals surface area contributed by atoms with E-state index in [0.29, 0.717) is 6.61 Å². The van der Waals surface area contributed by atoms with E-state index >= 15 is 0 Å². The van der Waals surface area contributed by atoms with Gasteiger partial charge in [-0.25, -0.2) is 4.79 Å². The van der Waals surface area contributed by atoms with E-state index in [2.05, 4.69) is 43.4 Å². The van der Waals surface area contributed by atoms with Crippen LogP contribution in [-0.4, -0.2) is 27.3 Å². The molecule has 0 saturated carbocycles. The van der Waals surface area contributed by atoms with Crippen LogP contribution in [0.5, 0.6) is 0 Å². The molecular weight excluding hydrogens is 340 g/mol. The molecule has 0 bridgehead atoms. The maximum Gasteiger partial charge on any atom is 0.335 e. The lowest BCUT2D eigenvalue weighted by atomic mass is 10.2. The van der Waals surface area contributed by atoms with Crippen LogP contribution in [0.15, 0.2) is 72.8 Å². The summed E-state index contributed by atoms with van der Waals surface area (Å²) in [7, 11) is -0.601. The molecule has 0 aliphatic carbocycles. The van der Waals surface area contributed by atoms with Crippen LogP contribution in [0, 0.1) is 0 Å². The molecule has 2 atom stereocenters. The zero-order valence-electron chi connectivity index (χ0n) is 16.0. The molecule has 0 spiro atoms. The van der Waals surface area contributed by atoms with E-state index in [4.69, 9.17) is 9.47 Å². The Morgan fingerprint density at radius 1 is 1.04 bits per heavy atom. The van der Waals surface area contributed by atoms with Gasteiger partial charge in [-0.05, 0) is 12.5 Å². The first kappa shape index (κ1) is 20.1. The Labute approximate surface area is 157 Å². The number of esters is 1. The Morgan fingerprint density at radius 3 is 2.15 bits per heavy atom. The van der Waals surface area contributed by atoms with Crippen LogP contribution in [0.25, 0.3) is 0 Å². The van der Waals surface area contributed by atoms with Gasteiger partial charge in [0.2, 0.25) is 0 Å². The van der Waals surface area contributed by atoms with Crippen molar-refractivity contribution < 1.29 is 14.3 Å². The molecule has 0 aliphatic heterocycles. The second kappa shape index (κ2) is 9.50. The average Bonchev–Trinajstić information content (AvgIpc) is 2.68. The molecule has 0 fully saturated rings. The highest BCUT2D eigenvalue weighted by molar-refractivity contribution is 6.91. The van der Waals surface area contributed by atoms with E-state index in [1.54, 1.807) is 0 Å². The van der Waals surface area contributed by atoms with Gasteiger partial charge in [-0.1, -0.05) is 91.1 Å². The van der Waals surface area contributed by atoms with Crippen LogP contribution in [0.1, 0.15) is 12.5 Å². The zero-order chi connectivity index (χ0) is 19.0. The highest BCUT2D eigenvalue weighted by Gasteiger charge is 2.41. The SMILES string of the molecule is C/C=C/[C@@H]([C@H](OCc1ccccc1)C(=O)OC)[Si](C)(C)c1ccccc1. The normalized spacial score (nSPS) is 14.2. The molecule has 2 aromatic carbocycles. The molecule has 0 aliphatic rings. The molecule has 2 aromatic rings. The maximum atomic E-state index is 12.6. The van der Waals surface area contributed by atoms with Gasteiger partial charge in [-0.2, -0.15) is 0 Å². The van der Waals surface area contributed by atoms with Crippen molar-refractivity contribution in [2.45, 2.75) is 38.3 Å². The summed E-state index contributed by atoms with van der Waals surface area (Å²) in [5.41, 5.74) is 1.02. The Hall–Kier alpha value is -2.17. The van der Waals surface area contributed by atoms with E-state index in [1.807, 2.05) is 49.4 Å². The van der Waals surface area contributed by atoms with Crippen molar-refractivity contribution in [3.63, 3.8) is 0 Å². The van der Waals surface area contributed by atoms with Crippen molar-refractivity contribution >= 4 is 19.2 Å². The van der Waals surface area contributed by atoms with Crippen LogP contribution in [0.3, 0.4) is 0 Å². The Morgan fingerprint density at radius 2 is 1.62 bits per heavy atom. The lowest BCUT2D eigenvalue weighted by molar-refractivity contribution is -0.154. The molecule has 0 saturated heterocycles. The minimum absolute atomic E-state index is 0.0222. The summed E-state index contributed by atoms with van der Waals surface area (Å²) in [6.45, 7) is 6.91. The summed E-state index contributed by atoms with van der Waals surface area (Å²) >= 11 is 0. The van der Waals surface area contributed by atoms with Gasteiger partial charge >= 0.3 is 5.97 Å². The van der Waals surface area contributed by atoms with Gasteiger partial charge in [0.15, 0.2) is 6.10 Å². The Kier molecular flexibility index (Phi) is 7.36. The van der Waals surface area contributed by atoms with E-state index < -0.39 is 14.2 Å². The molecule has 0 amide bonds. The van der Waals surface area contributed by atoms with Crippen molar-refractivity contribution in [3.05, 3.63) is 78.4 Å². The standard InChI is InChI=1S/C22H28O3Si/c1-5-12-20(26(3,4)19-15-10-7-11-16-19)21(22(23)24-2)25-17-18-13-8-6-9-14-18/h5-16,20-21H,17H2,1-4H3/b12-5+/t20-,21-/m0/s1. The van der Waals surface area contributed by atoms with Gasteiger partial charge in [0.25, 0.3) is 0 Å². The third-order valence-electron chi connectivity index (χ3n) is 4.78. The molecule has 0 heterocycles. The molecule has 0 N–H and O–H groups in total. The van der Waals surface area contributed by atoms with Gasteiger partial charge < -0.3 is 9.47 Å². The lowest BCUT2D eigenvalue weighted by Gasteiger charge is -2.35. The summed E-state index contributed by atoms with van der Waals surface area (Å²) in [5, 5.41) is 1.29. The van der Waals surface area contributed by atoms with Crippen LogP contribution < -0.4 is 5.19 Å². The van der Waals surface area contributed by atoms with Crippen LogP contribution in [0.4, 0.5) is 0 Å². The van der Waals surface area contributed by atoms with Gasteiger partial charge in [-0.15, -0.1) is 0 Å². The van der Waals surface area contributed by atoms with Gasteiger partial charge in [0, 0.05) is 5.54 Å². The van der Waals surface area contributed by atoms with E-state index in [0.717, 1.165) is 5.56 Å². The van der Waals surface area contributed by atoms with Crippen molar-refractivity contribution in [3.8, 4) is 0 Å². The fraction of sp³-hybridized carbons (Fsp3) is 0.318. The highest BCUT2D eigenvalue weighted by Crippen LogP contribution is 2.31. The summed E-state index contributed by atoms with van der Waals surface area (Å²) in [6, 6.07) is 20.3. The molecular formula is C22H28O3Si. The molecule has 0 aromatic heterocycles. The van der Waals surface area contributed by atoms with Crippen LogP contribution >= 0.6 is 0 Å². The number of hydrogen-bond acceptors (Lipinski definition) is 3. The summed E-state index contributed by atoms with van der Waals surface area (Å²) < 4.78 is 11.2. The van der Waals surface area contributed by atoms with Crippen molar-refractivity contribution in [1.29, 1.82) is 0 Å². The number of methoxy groups -OCH3 is 1. The number of carbonyl (C=O) groups excluding carboxylic acids is 1. The van der Waals surface area contributed by atoms with E-state index in [1.165, 1.54) is 12.3 Å². The topological polar surface area (TPSA) is 35.5 Å². The molecule has 26 heavy (non-hydrogen) atoms. The third-order valence-corrected chi connectivity index (χ3v) is 8.77. The Bertz CT molecular complexity index is 711. The van der Waals surface area contributed by atoms with Crippen LogP contribution in [0.2, 0.25) is 18.6 Å². The van der Waals surface area contributed by atoms with Gasteiger partial charge in [-0.3, -0.25) is 0 Å². The predicted molar refractivity (Wildman–Crippen MR) is 109 cm³/mol. The highest BCUT2D eigenvalue weighted by atomic mass is 28.3. The summed E-state index contributed by atoms with van der Waals surface area (Å²) in [4.78, 5) is 12.6. The maximum absolute atomic E-state index is 12.6. The first-order chi connectivity index (χ1) is 12.5. The first-order valence-corrected chi connectivity index (χ1v) is 12.0. The largest absolute Gasteiger partial charge is 0.467 e. The minimum Gasteiger partial charge on any atom is -0.467 e. The number of ether oxygens (including phenoxy) is 2. The van der Waals surface area contributed by atoms with E-state index in [-0.39, 0.29) is 11.5 Å². The second-order valence-electron chi connectivity index (χ2n) is 6.88. The molecule has 0 radical (unpaired) electrons.